The molecule has 7 heteroatoms. The van der Waals surface area contributed by atoms with E-state index >= 15 is 0 Å². The van der Waals surface area contributed by atoms with Gasteiger partial charge in [0.25, 0.3) is 0 Å². The number of nitrogens with zero attached hydrogens (tertiary/aromatic N) is 1. The minimum atomic E-state index is 0.504. The molecule has 0 atom stereocenters. The van der Waals surface area contributed by atoms with Crippen molar-refractivity contribution in [3.05, 3.63) is 17.7 Å². The Morgan fingerprint density at radius 3 is 2.33 bits per heavy atom. The van der Waals surface area contributed by atoms with Crippen molar-refractivity contribution in [3.63, 3.8) is 0 Å². The Bertz CT molecular complexity index is 578. The van der Waals surface area contributed by atoms with Gasteiger partial charge in [0.15, 0.2) is 17.5 Å². The standard InChI is InChI=1S/C20H33N3O4/c1-5-21-20(22-9-6-10-27-14-15-7-8-15)23-13-16-11-17(24-2)19(26-4)18(12-16)25-3/h11-12,15H,5-10,13-14H2,1-4H3,(H2,21,22,23). The molecule has 0 unspecified atom stereocenters. The van der Waals surface area contributed by atoms with Gasteiger partial charge in [-0.05, 0) is 49.8 Å². The first-order chi connectivity index (χ1) is 13.2. The number of hydrogen-bond acceptors (Lipinski definition) is 5. The highest BCUT2D eigenvalue weighted by Crippen LogP contribution is 2.38. The van der Waals surface area contributed by atoms with Gasteiger partial charge in [0, 0.05) is 26.3 Å². The molecule has 7 nitrogen and oxygen atoms in total. The van der Waals surface area contributed by atoms with E-state index in [1.54, 1.807) is 21.3 Å². The van der Waals surface area contributed by atoms with E-state index in [1.807, 2.05) is 12.1 Å². The molecular weight excluding hydrogens is 346 g/mol. The van der Waals surface area contributed by atoms with Crippen LogP contribution in [-0.2, 0) is 11.3 Å². The van der Waals surface area contributed by atoms with Crippen LogP contribution in [0.25, 0.3) is 0 Å². The smallest absolute Gasteiger partial charge is 0.203 e. The summed E-state index contributed by atoms with van der Waals surface area (Å²) in [4.78, 5) is 4.65. The summed E-state index contributed by atoms with van der Waals surface area (Å²) in [7, 11) is 4.82. The Labute approximate surface area is 162 Å². The van der Waals surface area contributed by atoms with Crippen molar-refractivity contribution in [1.82, 2.24) is 10.6 Å². The van der Waals surface area contributed by atoms with E-state index in [0.717, 1.165) is 50.2 Å². The fourth-order valence-corrected chi connectivity index (χ4v) is 2.65. The second-order valence-corrected chi connectivity index (χ2v) is 6.53. The first kappa shape index (κ1) is 21.2. The number of guanidine groups is 1. The van der Waals surface area contributed by atoms with Gasteiger partial charge in [-0.3, -0.25) is 0 Å². The molecule has 1 saturated carbocycles. The molecule has 0 aliphatic heterocycles. The van der Waals surface area contributed by atoms with Crippen LogP contribution in [0.3, 0.4) is 0 Å². The first-order valence-electron chi connectivity index (χ1n) is 9.60. The average molecular weight is 380 g/mol. The Balaban J connectivity index is 1.88. The number of methoxy groups -OCH3 is 3. The van der Waals surface area contributed by atoms with Crippen LogP contribution in [0.15, 0.2) is 17.1 Å². The van der Waals surface area contributed by atoms with Gasteiger partial charge in [-0.2, -0.15) is 0 Å². The SMILES string of the molecule is CCNC(=NCc1cc(OC)c(OC)c(OC)c1)NCCCOCC1CC1. The summed E-state index contributed by atoms with van der Waals surface area (Å²) < 4.78 is 21.8. The van der Waals surface area contributed by atoms with Gasteiger partial charge in [0.05, 0.1) is 27.9 Å². The highest BCUT2D eigenvalue weighted by Gasteiger charge is 2.20. The number of nitrogens with one attached hydrogen (secondary N) is 2. The zero-order valence-corrected chi connectivity index (χ0v) is 17.0. The van der Waals surface area contributed by atoms with Gasteiger partial charge in [0.2, 0.25) is 5.75 Å². The topological polar surface area (TPSA) is 73.3 Å². The zero-order chi connectivity index (χ0) is 19.5. The summed E-state index contributed by atoms with van der Waals surface area (Å²) in [6.45, 7) is 5.88. The molecule has 2 N–H and O–H groups in total. The normalized spacial score (nSPS) is 14.0. The third kappa shape index (κ3) is 7.17. The third-order valence-corrected chi connectivity index (χ3v) is 4.30. The maximum Gasteiger partial charge on any atom is 0.203 e. The van der Waals surface area contributed by atoms with Crippen LogP contribution >= 0.6 is 0 Å². The van der Waals surface area contributed by atoms with Crippen LogP contribution in [-0.4, -0.2) is 53.6 Å². The van der Waals surface area contributed by atoms with E-state index < -0.39 is 0 Å². The van der Waals surface area contributed by atoms with Crippen LogP contribution in [0.5, 0.6) is 17.2 Å². The predicted octanol–water partition coefficient (Wildman–Crippen LogP) is 2.58. The summed E-state index contributed by atoms with van der Waals surface area (Å²) in [6.07, 6.45) is 3.62. The second kappa shape index (κ2) is 11.5. The molecule has 0 heterocycles. The zero-order valence-electron chi connectivity index (χ0n) is 17.0. The second-order valence-electron chi connectivity index (χ2n) is 6.53. The van der Waals surface area contributed by atoms with E-state index in [1.165, 1.54) is 12.8 Å². The number of rotatable bonds is 12. The lowest BCUT2D eigenvalue weighted by atomic mass is 10.2. The van der Waals surface area contributed by atoms with Crippen molar-refractivity contribution in [1.29, 1.82) is 0 Å². The number of aliphatic imine (C=N–C) groups is 1. The van der Waals surface area contributed by atoms with Crippen LogP contribution in [0.2, 0.25) is 0 Å². The molecule has 2 rings (SSSR count). The lowest BCUT2D eigenvalue weighted by Crippen LogP contribution is -2.38. The molecule has 27 heavy (non-hydrogen) atoms. The Morgan fingerprint density at radius 1 is 1.07 bits per heavy atom. The fourth-order valence-electron chi connectivity index (χ4n) is 2.65. The van der Waals surface area contributed by atoms with Crippen LogP contribution in [0.4, 0.5) is 0 Å². The minimum Gasteiger partial charge on any atom is -0.493 e. The minimum absolute atomic E-state index is 0.504. The molecule has 1 aromatic carbocycles. The van der Waals surface area contributed by atoms with E-state index in [-0.39, 0.29) is 0 Å². The van der Waals surface area contributed by atoms with Crippen LogP contribution < -0.4 is 24.8 Å². The van der Waals surface area contributed by atoms with Gasteiger partial charge < -0.3 is 29.6 Å². The summed E-state index contributed by atoms with van der Waals surface area (Å²) in [5, 5.41) is 6.61. The molecule has 0 saturated heterocycles. The molecule has 152 valence electrons. The molecular formula is C20H33N3O4. The Morgan fingerprint density at radius 2 is 1.78 bits per heavy atom. The predicted molar refractivity (Wildman–Crippen MR) is 107 cm³/mol. The van der Waals surface area contributed by atoms with Crippen molar-refractivity contribution in [2.75, 3.05) is 47.6 Å². The lowest BCUT2D eigenvalue weighted by Gasteiger charge is -2.14. The lowest BCUT2D eigenvalue weighted by molar-refractivity contribution is 0.123. The largest absolute Gasteiger partial charge is 0.493 e. The molecule has 1 aliphatic rings. The molecule has 0 aromatic heterocycles. The molecule has 1 aliphatic carbocycles. The molecule has 0 radical (unpaired) electrons. The third-order valence-electron chi connectivity index (χ3n) is 4.30. The van der Waals surface area contributed by atoms with Gasteiger partial charge in [-0.25, -0.2) is 4.99 Å². The van der Waals surface area contributed by atoms with Crippen LogP contribution in [0, 0.1) is 5.92 Å². The van der Waals surface area contributed by atoms with E-state index in [0.29, 0.717) is 23.8 Å². The highest BCUT2D eigenvalue weighted by atomic mass is 16.5. The number of benzene rings is 1. The molecule has 1 fully saturated rings. The maximum atomic E-state index is 5.66. The quantitative estimate of drug-likeness (QED) is 0.330. The summed E-state index contributed by atoms with van der Waals surface area (Å²) in [6, 6.07) is 3.83. The fraction of sp³-hybridized carbons (Fsp3) is 0.650. The first-order valence-corrected chi connectivity index (χ1v) is 9.60. The molecule has 0 amide bonds. The summed E-state index contributed by atoms with van der Waals surface area (Å²) in [5.41, 5.74) is 0.981. The summed E-state index contributed by atoms with van der Waals surface area (Å²) >= 11 is 0. The Kier molecular flexibility index (Phi) is 9.04. The highest BCUT2D eigenvalue weighted by molar-refractivity contribution is 5.79. The summed E-state index contributed by atoms with van der Waals surface area (Å²) in [5.74, 6) is 3.45. The number of ether oxygens (including phenoxy) is 4. The molecule has 1 aromatic rings. The van der Waals surface area contributed by atoms with Crippen molar-refractivity contribution >= 4 is 5.96 Å². The van der Waals surface area contributed by atoms with Gasteiger partial charge in [-0.15, -0.1) is 0 Å². The van der Waals surface area contributed by atoms with Crippen molar-refractivity contribution in [2.45, 2.75) is 32.7 Å². The van der Waals surface area contributed by atoms with E-state index in [4.69, 9.17) is 18.9 Å². The van der Waals surface area contributed by atoms with Crippen molar-refractivity contribution < 1.29 is 18.9 Å². The van der Waals surface area contributed by atoms with E-state index in [9.17, 15) is 0 Å². The van der Waals surface area contributed by atoms with Gasteiger partial charge in [-0.1, -0.05) is 0 Å². The number of hydrogen-bond donors (Lipinski definition) is 2. The van der Waals surface area contributed by atoms with Crippen molar-refractivity contribution in [2.24, 2.45) is 10.9 Å². The van der Waals surface area contributed by atoms with E-state index in [2.05, 4.69) is 22.5 Å². The van der Waals surface area contributed by atoms with Crippen molar-refractivity contribution in [3.8, 4) is 17.2 Å². The van der Waals surface area contributed by atoms with Gasteiger partial charge >= 0.3 is 0 Å². The average Bonchev–Trinajstić information content (AvgIpc) is 3.51. The maximum absolute atomic E-state index is 5.66. The van der Waals surface area contributed by atoms with Gasteiger partial charge in [0.1, 0.15) is 0 Å². The van der Waals surface area contributed by atoms with Crippen LogP contribution in [0.1, 0.15) is 31.7 Å². The molecule has 0 bridgehead atoms. The Hall–Kier alpha value is -2.15. The monoisotopic (exact) mass is 379 g/mol. The molecule has 0 spiro atoms.